The maximum atomic E-state index is 12.2. The van der Waals surface area contributed by atoms with Crippen molar-refractivity contribution < 1.29 is 21.9 Å². The van der Waals surface area contributed by atoms with Crippen LogP contribution in [0.4, 0.5) is 8.78 Å². The van der Waals surface area contributed by atoms with Crippen LogP contribution in [-0.4, -0.2) is 46.5 Å². The van der Waals surface area contributed by atoms with Gasteiger partial charge >= 0.3 is 6.61 Å². The number of benzene rings is 1. The lowest BCUT2D eigenvalue weighted by molar-refractivity contribution is -0.0498. The summed E-state index contributed by atoms with van der Waals surface area (Å²) in [6, 6.07) is 3.37. The third-order valence-electron chi connectivity index (χ3n) is 2.50. The third-order valence-corrected chi connectivity index (χ3v) is 4.65. The second kappa shape index (κ2) is 8.70. The molecule has 1 aromatic carbocycles. The van der Waals surface area contributed by atoms with Gasteiger partial charge < -0.3 is 10.1 Å². The largest absolute Gasteiger partial charge is 0.433 e. The Hall–Kier alpha value is -0.670. The number of ether oxygens (including phenoxy) is 1. The zero-order chi connectivity index (χ0) is 15.3. The Morgan fingerprint density at radius 3 is 2.52 bits per heavy atom. The Kier molecular flexibility index (Phi) is 8.42. The molecule has 0 saturated heterocycles. The molecular formula is C11H16Cl2F2N2O3S. The highest BCUT2D eigenvalue weighted by Gasteiger charge is 2.22. The van der Waals surface area contributed by atoms with Crippen LogP contribution >= 0.6 is 24.0 Å². The highest BCUT2D eigenvalue weighted by Crippen LogP contribution is 2.29. The molecule has 0 aromatic heterocycles. The average Bonchev–Trinajstić information content (AvgIpc) is 2.37. The fourth-order valence-electron chi connectivity index (χ4n) is 1.40. The number of sulfonamides is 1. The number of alkyl halides is 2. The van der Waals surface area contributed by atoms with E-state index in [1.807, 2.05) is 0 Å². The maximum absolute atomic E-state index is 12.2. The van der Waals surface area contributed by atoms with Gasteiger partial charge in [0.05, 0.1) is 9.92 Å². The summed E-state index contributed by atoms with van der Waals surface area (Å²) >= 11 is 5.73. The Balaban J connectivity index is 0.00000400. The number of nitrogens with zero attached hydrogens (tertiary/aromatic N) is 1. The molecule has 0 unspecified atom stereocenters. The normalized spacial score (nSPS) is 11.6. The minimum absolute atomic E-state index is 0. The van der Waals surface area contributed by atoms with E-state index in [2.05, 4.69) is 10.1 Å². The number of halogens is 4. The molecule has 0 spiro atoms. The zero-order valence-electron chi connectivity index (χ0n) is 11.3. The van der Waals surface area contributed by atoms with Gasteiger partial charge in [-0.2, -0.15) is 13.1 Å². The second-order valence-electron chi connectivity index (χ2n) is 3.90. The van der Waals surface area contributed by atoms with Gasteiger partial charge in [-0.1, -0.05) is 11.6 Å². The van der Waals surface area contributed by atoms with Crippen LogP contribution in [0, 0.1) is 0 Å². The summed E-state index contributed by atoms with van der Waals surface area (Å²) in [4.78, 5) is -0.0808. The van der Waals surface area contributed by atoms with E-state index in [0.717, 1.165) is 16.4 Å². The maximum Gasteiger partial charge on any atom is 0.387 e. The summed E-state index contributed by atoms with van der Waals surface area (Å²) in [5, 5.41) is 2.64. The molecule has 21 heavy (non-hydrogen) atoms. The quantitative estimate of drug-likeness (QED) is 0.805. The number of rotatable bonds is 7. The molecule has 0 fully saturated rings. The monoisotopic (exact) mass is 364 g/mol. The van der Waals surface area contributed by atoms with Gasteiger partial charge in [-0.15, -0.1) is 12.4 Å². The molecule has 1 aromatic rings. The molecule has 0 saturated carbocycles. The summed E-state index contributed by atoms with van der Waals surface area (Å²) in [6.45, 7) is -2.27. The predicted molar refractivity (Wildman–Crippen MR) is 79.1 cm³/mol. The third kappa shape index (κ3) is 5.55. The van der Waals surface area contributed by atoms with Crippen molar-refractivity contribution in [1.29, 1.82) is 0 Å². The predicted octanol–water partition coefficient (Wildman–Crippen LogP) is 2.20. The molecule has 0 amide bonds. The number of hydrogen-bond donors (Lipinski definition) is 1. The summed E-state index contributed by atoms with van der Waals surface area (Å²) in [7, 11) is -0.590. The first-order chi connectivity index (χ1) is 9.28. The molecule has 1 rings (SSSR count). The Bertz CT molecular complexity index is 558. The van der Waals surface area contributed by atoms with Crippen molar-refractivity contribution in [3.05, 3.63) is 23.2 Å². The van der Waals surface area contributed by atoms with Gasteiger partial charge in [0.15, 0.2) is 0 Å². The van der Waals surface area contributed by atoms with E-state index in [1.165, 1.54) is 13.1 Å². The van der Waals surface area contributed by atoms with Crippen molar-refractivity contribution in [2.24, 2.45) is 0 Å². The molecule has 0 atom stereocenters. The average molecular weight is 365 g/mol. The van der Waals surface area contributed by atoms with E-state index < -0.39 is 16.6 Å². The first kappa shape index (κ1) is 20.3. The van der Waals surface area contributed by atoms with Crippen LogP contribution in [0.5, 0.6) is 5.75 Å². The van der Waals surface area contributed by atoms with E-state index in [0.29, 0.717) is 6.54 Å². The van der Waals surface area contributed by atoms with Gasteiger partial charge in [0.1, 0.15) is 5.75 Å². The molecule has 1 N–H and O–H groups in total. The number of hydrogen-bond acceptors (Lipinski definition) is 4. The second-order valence-corrected chi connectivity index (χ2v) is 6.35. The molecule has 10 heteroatoms. The van der Waals surface area contributed by atoms with Crippen molar-refractivity contribution in [2.75, 3.05) is 27.2 Å². The van der Waals surface area contributed by atoms with Gasteiger partial charge in [0.2, 0.25) is 10.0 Å². The van der Waals surface area contributed by atoms with E-state index in [4.69, 9.17) is 11.6 Å². The van der Waals surface area contributed by atoms with Crippen LogP contribution < -0.4 is 10.1 Å². The van der Waals surface area contributed by atoms with Gasteiger partial charge in [0.25, 0.3) is 0 Å². The summed E-state index contributed by atoms with van der Waals surface area (Å²) in [6.07, 6.45) is 0. The first-order valence-corrected chi connectivity index (χ1v) is 7.46. The van der Waals surface area contributed by atoms with E-state index in [1.54, 1.807) is 7.05 Å². The van der Waals surface area contributed by atoms with E-state index in [9.17, 15) is 17.2 Å². The number of nitrogens with one attached hydrogen (secondary N) is 1. The summed E-state index contributed by atoms with van der Waals surface area (Å²) in [5.41, 5.74) is 0. The molecule has 0 aliphatic rings. The summed E-state index contributed by atoms with van der Waals surface area (Å²) in [5.74, 6) is -0.265. The van der Waals surface area contributed by atoms with Crippen LogP contribution in [0.1, 0.15) is 0 Å². The topological polar surface area (TPSA) is 58.6 Å². The van der Waals surface area contributed by atoms with Crippen LogP contribution in [0.15, 0.2) is 23.1 Å². The minimum Gasteiger partial charge on any atom is -0.433 e. The fraction of sp³-hybridized carbons (Fsp3) is 0.455. The molecule has 122 valence electrons. The molecule has 0 heterocycles. The summed E-state index contributed by atoms with van der Waals surface area (Å²) < 4.78 is 53.8. The van der Waals surface area contributed by atoms with E-state index >= 15 is 0 Å². The van der Waals surface area contributed by atoms with E-state index in [-0.39, 0.29) is 34.6 Å². The Morgan fingerprint density at radius 2 is 2.05 bits per heavy atom. The molecule has 0 aliphatic heterocycles. The van der Waals surface area contributed by atoms with Gasteiger partial charge in [-0.3, -0.25) is 0 Å². The van der Waals surface area contributed by atoms with Crippen LogP contribution in [-0.2, 0) is 10.0 Å². The van der Waals surface area contributed by atoms with Crippen LogP contribution in [0.2, 0.25) is 5.02 Å². The Labute approximate surface area is 133 Å². The molecule has 0 bridgehead atoms. The van der Waals surface area contributed by atoms with Gasteiger partial charge in [-0.25, -0.2) is 8.42 Å². The standard InChI is InChI=1S/C11H15ClF2N2O3S.ClH/c1-15-5-6-16(2)20(17,18)8-3-4-10(9(12)7-8)19-11(13)14;/h3-4,7,11,15H,5-6H2,1-2H3;1H. The highest BCUT2D eigenvalue weighted by molar-refractivity contribution is 7.89. The smallest absolute Gasteiger partial charge is 0.387 e. The number of likely N-dealkylation sites (N-methyl/N-ethyl adjacent to an activating group) is 2. The van der Waals surface area contributed by atoms with Crippen molar-refractivity contribution in [1.82, 2.24) is 9.62 Å². The molecule has 0 radical (unpaired) electrons. The van der Waals surface area contributed by atoms with Gasteiger partial charge in [-0.05, 0) is 25.2 Å². The van der Waals surface area contributed by atoms with Crippen molar-refractivity contribution in [3.63, 3.8) is 0 Å². The lowest BCUT2D eigenvalue weighted by Gasteiger charge is -2.17. The molecular weight excluding hydrogens is 349 g/mol. The first-order valence-electron chi connectivity index (χ1n) is 5.64. The van der Waals surface area contributed by atoms with Crippen molar-refractivity contribution in [2.45, 2.75) is 11.5 Å². The zero-order valence-corrected chi connectivity index (χ0v) is 13.7. The highest BCUT2D eigenvalue weighted by atomic mass is 35.5. The fourth-order valence-corrected chi connectivity index (χ4v) is 2.89. The lowest BCUT2D eigenvalue weighted by Crippen LogP contribution is -2.32. The molecule has 0 aliphatic carbocycles. The van der Waals surface area contributed by atoms with Crippen molar-refractivity contribution in [3.8, 4) is 5.75 Å². The minimum atomic E-state index is -3.71. The SMILES string of the molecule is CNCCN(C)S(=O)(=O)c1ccc(OC(F)F)c(Cl)c1.Cl. The van der Waals surface area contributed by atoms with Crippen LogP contribution in [0.3, 0.4) is 0 Å². The Morgan fingerprint density at radius 1 is 1.43 bits per heavy atom. The molecule has 5 nitrogen and oxygen atoms in total. The lowest BCUT2D eigenvalue weighted by atomic mass is 10.3. The van der Waals surface area contributed by atoms with Crippen molar-refractivity contribution >= 4 is 34.0 Å². The van der Waals surface area contributed by atoms with Crippen LogP contribution in [0.25, 0.3) is 0 Å². The van der Waals surface area contributed by atoms with Gasteiger partial charge in [0, 0.05) is 20.1 Å².